The predicted molar refractivity (Wildman–Crippen MR) is 103 cm³/mol. The lowest BCUT2D eigenvalue weighted by Crippen LogP contribution is -2.42. The summed E-state index contributed by atoms with van der Waals surface area (Å²) in [5.74, 6) is 1.21. The molecule has 0 aromatic heterocycles. The number of rotatable bonds is 9. The van der Waals surface area contributed by atoms with Gasteiger partial charge in [0.15, 0.2) is 5.96 Å². The highest BCUT2D eigenvalue weighted by molar-refractivity contribution is 7.89. The van der Waals surface area contributed by atoms with Crippen molar-refractivity contribution in [3.05, 3.63) is 35.4 Å². The second-order valence-electron chi connectivity index (χ2n) is 6.51. The van der Waals surface area contributed by atoms with Crippen LogP contribution in [-0.4, -0.2) is 39.8 Å². The molecule has 0 atom stereocenters. The summed E-state index contributed by atoms with van der Waals surface area (Å²) in [6.07, 6.45) is 3.49. The Morgan fingerprint density at radius 2 is 2.00 bits per heavy atom. The Bertz CT molecular complexity index is 669. The molecule has 0 unspecified atom stereocenters. The Morgan fingerprint density at radius 1 is 1.24 bits per heavy atom. The maximum atomic E-state index is 12.0. The summed E-state index contributed by atoms with van der Waals surface area (Å²) in [6, 6.07) is 8.12. The molecular weight excluding hydrogens is 336 g/mol. The fourth-order valence-corrected chi connectivity index (χ4v) is 3.62. The van der Waals surface area contributed by atoms with E-state index in [1.54, 1.807) is 0 Å². The highest BCUT2D eigenvalue weighted by atomic mass is 32.2. The Balaban J connectivity index is 1.79. The van der Waals surface area contributed by atoms with Crippen molar-refractivity contribution >= 4 is 16.0 Å². The standard InChI is InChI=1S/C18H30N4O2S/c1-3-19-18(21-14-17-10-5-4-7-15(17)2)20-11-12-25(23,24)22-13-16-8-6-9-16/h4-5,7,10,16,22H,3,6,8-9,11-14H2,1-2H3,(H2,19,20,21). The van der Waals surface area contributed by atoms with E-state index in [1.165, 1.54) is 12.0 Å². The third-order valence-electron chi connectivity index (χ3n) is 4.49. The third kappa shape index (κ3) is 7.04. The molecule has 1 fully saturated rings. The van der Waals surface area contributed by atoms with Crippen LogP contribution in [0.3, 0.4) is 0 Å². The summed E-state index contributed by atoms with van der Waals surface area (Å²) in [6.45, 7) is 6.25. The summed E-state index contributed by atoms with van der Waals surface area (Å²) in [7, 11) is -3.23. The van der Waals surface area contributed by atoms with Gasteiger partial charge in [-0.25, -0.2) is 18.1 Å². The first-order valence-electron chi connectivity index (χ1n) is 9.04. The summed E-state index contributed by atoms with van der Waals surface area (Å²) >= 11 is 0. The van der Waals surface area contributed by atoms with E-state index in [0.717, 1.165) is 24.9 Å². The molecular formula is C18H30N4O2S. The highest BCUT2D eigenvalue weighted by Gasteiger charge is 2.20. The summed E-state index contributed by atoms with van der Waals surface area (Å²) < 4.78 is 26.8. The SMILES string of the molecule is CCNC(=NCc1ccccc1C)NCCS(=O)(=O)NCC1CCC1. The molecule has 140 valence electrons. The van der Waals surface area contributed by atoms with Gasteiger partial charge in [0.25, 0.3) is 0 Å². The number of guanidine groups is 1. The Labute approximate surface area is 151 Å². The second kappa shape index (κ2) is 9.77. The van der Waals surface area contributed by atoms with Gasteiger partial charge in [0.1, 0.15) is 0 Å². The van der Waals surface area contributed by atoms with Gasteiger partial charge < -0.3 is 10.6 Å². The maximum Gasteiger partial charge on any atom is 0.213 e. The number of nitrogens with zero attached hydrogens (tertiary/aromatic N) is 1. The molecule has 0 bridgehead atoms. The molecule has 7 heteroatoms. The van der Waals surface area contributed by atoms with Crippen molar-refractivity contribution in [3.63, 3.8) is 0 Å². The molecule has 0 saturated heterocycles. The number of nitrogens with one attached hydrogen (secondary N) is 3. The van der Waals surface area contributed by atoms with Gasteiger partial charge in [-0.1, -0.05) is 30.7 Å². The quantitative estimate of drug-likeness (QED) is 0.459. The van der Waals surface area contributed by atoms with E-state index in [2.05, 4.69) is 39.4 Å². The van der Waals surface area contributed by atoms with E-state index < -0.39 is 10.0 Å². The van der Waals surface area contributed by atoms with E-state index in [4.69, 9.17) is 0 Å². The zero-order valence-corrected chi connectivity index (χ0v) is 16.0. The van der Waals surface area contributed by atoms with E-state index in [9.17, 15) is 8.42 Å². The lowest BCUT2D eigenvalue weighted by Gasteiger charge is -2.25. The molecule has 1 saturated carbocycles. The van der Waals surface area contributed by atoms with Crippen LogP contribution >= 0.6 is 0 Å². The molecule has 1 aliphatic carbocycles. The van der Waals surface area contributed by atoms with Gasteiger partial charge in [0, 0.05) is 19.6 Å². The second-order valence-corrected chi connectivity index (χ2v) is 8.44. The van der Waals surface area contributed by atoms with Crippen LogP contribution in [0.1, 0.15) is 37.3 Å². The highest BCUT2D eigenvalue weighted by Crippen LogP contribution is 2.25. The number of hydrogen-bond acceptors (Lipinski definition) is 3. The minimum Gasteiger partial charge on any atom is -0.357 e. The predicted octanol–water partition coefficient (Wildman–Crippen LogP) is 1.77. The maximum absolute atomic E-state index is 12.0. The van der Waals surface area contributed by atoms with Crippen LogP contribution in [0.2, 0.25) is 0 Å². The monoisotopic (exact) mass is 366 g/mol. The molecule has 3 N–H and O–H groups in total. The average Bonchev–Trinajstić information content (AvgIpc) is 2.52. The largest absolute Gasteiger partial charge is 0.357 e. The summed E-state index contributed by atoms with van der Waals surface area (Å²) in [5, 5.41) is 6.25. The topological polar surface area (TPSA) is 82.6 Å². The zero-order chi connectivity index (χ0) is 18.1. The lowest BCUT2D eigenvalue weighted by molar-refractivity contribution is 0.316. The fourth-order valence-electron chi connectivity index (χ4n) is 2.61. The Morgan fingerprint density at radius 3 is 2.64 bits per heavy atom. The molecule has 0 amide bonds. The molecule has 0 aliphatic heterocycles. The third-order valence-corrected chi connectivity index (χ3v) is 5.84. The molecule has 6 nitrogen and oxygen atoms in total. The molecule has 1 aromatic rings. The smallest absolute Gasteiger partial charge is 0.213 e. The van der Waals surface area contributed by atoms with E-state index >= 15 is 0 Å². The first kappa shape index (κ1) is 19.7. The van der Waals surface area contributed by atoms with Crippen LogP contribution in [0.25, 0.3) is 0 Å². The van der Waals surface area contributed by atoms with Crippen molar-refractivity contribution in [1.82, 2.24) is 15.4 Å². The van der Waals surface area contributed by atoms with Gasteiger partial charge in [-0.15, -0.1) is 0 Å². The lowest BCUT2D eigenvalue weighted by atomic mass is 9.86. The van der Waals surface area contributed by atoms with E-state index in [-0.39, 0.29) is 5.75 Å². The normalized spacial score (nSPS) is 15.7. The molecule has 1 aromatic carbocycles. The molecule has 0 radical (unpaired) electrons. The number of benzene rings is 1. The van der Waals surface area contributed by atoms with Crippen LogP contribution in [0.4, 0.5) is 0 Å². The van der Waals surface area contributed by atoms with Crippen LogP contribution in [0.5, 0.6) is 0 Å². The molecule has 25 heavy (non-hydrogen) atoms. The number of hydrogen-bond donors (Lipinski definition) is 3. The van der Waals surface area contributed by atoms with Crippen LogP contribution < -0.4 is 15.4 Å². The van der Waals surface area contributed by atoms with Gasteiger partial charge in [-0.3, -0.25) is 0 Å². The number of aliphatic imine (C=N–C) groups is 1. The number of sulfonamides is 1. The molecule has 0 heterocycles. The van der Waals surface area contributed by atoms with E-state index in [0.29, 0.717) is 31.5 Å². The Kier molecular flexibility index (Phi) is 7.71. The van der Waals surface area contributed by atoms with Crippen molar-refractivity contribution < 1.29 is 8.42 Å². The molecule has 1 aliphatic rings. The Hall–Kier alpha value is -1.60. The van der Waals surface area contributed by atoms with Crippen molar-refractivity contribution in [1.29, 1.82) is 0 Å². The summed E-state index contributed by atoms with van der Waals surface area (Å²) in [5.41, 5.74) is 2.36. The van der Waals surface area contributed by atoms with Crippen LogP contribution in [0, 0.1) is 12.8 Å². The first-order chi connectivity index (χ1) is 12.0. The minimum absolute atomic E-state index is 0.0501. The van der Waals surface area contributed by atoms with Crippen molar-refractivity contribution in [2.24, 2.45) is 10.9 Å². The number of aryl methyl sites for hydroxylation is 1. The van der Waals surface area contributed by atoms with Crippen LogP contribution in [0.15, 0.2) is 29.3 Å². The van der Waals surface area contributed by atoms with Gasteiger partial charge in [-0.05, 0) is 43.7 Å². The van der Waals surface area contributed by atoms with Gasteiger partial charge in [-0.2, -0.15) is 0 Å². The summed E-state index contributed by atoms with van der Waals surface area (Å²) in [4.78, 5) is 4.54. The average molecular weight is 367 g/mol. The molecule has 2 rings (SSSR count). The molecule has 0 spiro atoms. The zero-order valence-electron chi connectivity index (χ0n) is 15.2. The van der Waals surface area contributed by atoms with Crippen molar-refractivity contribution in [3.8, 4) is 0 Å². The van der Waals surface area contributed by atoms with Gasteiger partial charge in [0.2, 0.25) is 10.0 Å². The van der Waals surface area contributed by atoms with Crippen molar-refractivity contribution in [2.75, 3.05) is 25.4 Å². The first-order valence-corrected chi connectivity index (χ1v) is 10.7. The minimum atomic E-state index is -3.23. The van der Waals surface area contributed by atoms with Crippen molar-refractivity contribution in [2.45, 2.75) is 39.7 Å². The van der Waals surface area contributed by atoms with Crippen LogP contribution in [-0.2, 0) is 16.6 Å². The fraction of sp³-hybridized carbons (Fsp3) is 0.611. The van der Waals surface area contributed by atoms with Gasteiger partial charge >= 0.3 is 0 Å². The van der Waals surface area contributed by atoms with E-state index in [1.807, 2.05) is 19.1 Å². The van der Waals surface area contributed by atoms with Gasteiger partial charge in [0.05, 0.1) is 12.3 Å².